The summed E-state index contributed by atoms with van der Waals surface area (Å²) in [7, 11) is -3.54. The molecule has 8 heteroatoms. The van der Waals surface area contributed by atoms with E-state index in [1.165, 1.54) is 0 Å². The molecular weight excluding hydrogens is 404 g/mol. The highest BCUT2D eigenvalue weighted by Gasteiger charge is 2.20. The summed E-state index contributed by atoms with van der Waals surface area (Å²) in [5.74, 6) is 0.521. The Morgan fingerprint density at radius 2 is 1.74 bits per heavy atom. The Hall–Kier alpha value is -1.70. The van der Waals surface area contributed by atoms with Crippen molar-refractivity contribution in [2.24, 2.45) is 0 Å². The molecule has 0 heterocycles. The summed E-state index contributed by atoms with van der Waals surface area (Å²) in [5, 5.41) is 3.49. The first-order valence-corrected chi connectivity index (χ1v) is 11.7. The third-order valence-corrected chi connectivity index (χ3v) is 6.23. The van der Waals surface area contributed by atoms with E-state index in [-0.39, 0.29) is 12.5 Å². The molecule has 2 aromatic carbocycles. The standard InChI is InChI=1S/C19H23ClN2O3S2/c1-15-4-8-17(9-5-15)22(27(2,24)25)14-19(23)21-12-3-13-26-18-10-6-16(20)7-11-18/h4-11H,3,12-14H2,1-2H3,(H,21,23). The molecule has 0 aliphatic rings. The smallest absolute Gasteiger partial charge is 0.240 e. The lowest BCUT2D eigenvalue weighted by atomic mass is 10.2. The molecule has 146 valence electrons. The van der Waals surface area contributed by atoms with Gasteiger partial charge in [0.25, 0.3) is 0 Å². The molecule has 0 saturated heterocycles. The zero-order valence-electron chi connectivity index (χ0n) is 15.3. The fourth-order valence-corrected chi connectivity index (χ4v) is 4.15. The molecule has 0 aromatic heterocycles. The first-order valence-electron chi connectivity index (χ1n) is 8.45. The van der Waals surface area contributed by atoms with Crippen molar-refractivity contribution in [3.63, 3.8) is 0 Å². The lowest BCUT2D eigenvalue weighted by molar-refractivity contribution is -0.119. The summed E-state index contributed by atoms with van der Waals surface area (Å²) in [6.07, 6.45) is 1.88. The van der Waals surface area contributed by atoms with Gasteiger partial charge in [-0.2, -0.15) is 0 Å². The summed E-state index contributed by atoms with van der Waals surface area (Å²) in [6, 6.07) is 14.6. The van der Waals surface area contributed by atoms with Crippen molar-refractivity contribution in [1.29, 1.82) is 0 Å². The Bertz CT molecular complexity index is 854. The van der Waals surface area contributed by atoms with E-state index >= 15 is 0 Å². The van der Waals surface area contributed by atoms with Gasteiger partial charge in [0.2, 0.25) is 15.9 Å². The molecule has 0 spiro atoms. The lowest BCUT2D eigenvalue weighted by Crippen LogP contribution is -2.40. The van der Waals surface area contributed by atoms with Gasteiger partial charge in [0.05, 0.1) is 11.9 Å². The third kappa shape index (κ3) is 7.44. The number of nitrogens with one attached hydrogen (secondary N) is 1. The summed E-state index contributed by atoms with van der Waals surface area (Å²) in [4.78, 5) is 13.3. The fourth-order valence-electron chi connectivity index (χ4n) is 2.32. The Morgan fingerprint density at radius 3 is 2.33 bits per heavy atom. The number of nitrogens with zero attached hydrogens (tertiary/aromatic N) is 1. The summed E-state index contributed by atoms with van der Waals surface area (Å²) < 4.78 is 25.2. The second-order valence-electron chi connectivity index (χ2n) is 6.11. The van der Waals surface area contributed by atoms with E-state index in [1.807, 2.05) is 43.3 Å². The molecule has 27 heavy (non-hydrogen) atoms. The fraction of sp³-hybridized carbons (Fsp3) is 0.316. The summed E-state index contributed by atoms with van der Waals surface area (Å²) >= 11 is 7.53. The van der Waals surface area contributed by atoms with Crippen molar-refractivity contribution in [2.75, 3.05) is 29.4 Å². The number of carbonyl (C=O) groups is 1. The molecule has 0 saturated carbocycles. The number of anilines is 1. The van der Waals surface area contributed by atoms with E-state index in [9.17, 15) is 13.2 Å². The topological polar surface area (TPSA) is 66.5 Å². The van der Waals surface area contributed by atoms with Gasteiger partial charge in [-0.15, -0.1) is 11.8 Å². The van der Waals surface area contributed by atoms with Crippen molar-refractivity contribution < 1.29 is 13.2 Å². The molecule has 0 unspecified atom stereocenters. The van der Waals surface area contributed by atoms with Crippen LogP contribution in [0.4, 0.5) is 5.69 Å². The van der Waals surface area contributed by atoms with Crippen LogP contribution in [0.1, 0.15) is 12.0 Å². The molecule has 0 aliphatic carbocycles. The van der Waals surface area contributed by atoms with E-state index in [4.69, 9.17) is 11.6 Å². The lowest BCUT2D eigenvalue weighted by Gasteiger charge is -2.22. The van der Waals surface area contributed by atoms with Crippen molar-refractivity contribution in [1.82, 2.24) is 5.32 Å². The molecule has 2 aromatic rings. The molecule has 0 atom stereocenters. The molecule has 1 amide bonds. The van der Waals surface area contributed by atoms with Crippen molar-refractivity contribution >= 4 is 45.0 Å². The predicted molar refractivity (Wildman–Crippen MR) is 113 cm³/mol. The van der Waals surface area contributed by atoms with E-state index in [0.717, 1.165) is 33.2 Å². The van der Waals surface area contributed by atoms with E-state index in [1.54, 1.807) is 23.9 Å². The summed E-state index contributed by atoms with van der Waals surface area (Å²) in [6.45, 7) is 2.18. The van der Waals surface area contributed by atoms with Gasteiger partial charge in [0.15, 0.2) is 0 Å². The minimum atomic E-state index is -3.54. The highest BCUT2D eigenvalue weighted by atomic mass is 35.5. The number of amides is 1. The minimum absolute atomic E-state index is 0.230. The average molecular weight is 427 g/mol. The quantitative estimate of drug-likeness (QED) is 0.490. The Balaban J connectivity index is 1.80. The molecule has 2 rings (SSSR count). The number of rotatable bonds is 9. The number of sulfonamides is 1. The van der Waals surface area contributed by atoms with Crippen LogP contribution in [-0.2, 0) is 14.8 Å². The Morgan fingerprint density at radius 1 is 1.11 bits per heavy atom. The van der Waals surface area contributed by atoms with Crippen LogP contribution >= 0.6 is 23.4 Å². The van der Waals surface area contributed by atoms with Crippen LogP contribution in [0.5, 0.6) is 0 Å². The van der Waals surface area contributed by atoms with Gasteiger partial charge in [-0.1, -0.05) is 29.3 Å². The highest BCUT2D eigenvalue weighted by Crippen LogP contribution is 2.21. The first kappa shape index (κ1) is 21.6. The molecule has 0 radical (unpaired) electrons. The zero-order valence-corrected chi connectivity index (χ0v) is 17.7. The van der Waals surface area contributed by atoms with Gasteiger partial charge in [0, 0.05) is 16.5 Å². The maximum absolute atomic E-state index is 12.2. The maximum atomic E-state index is 12.2. The first-order chi connectivity index (χ1) is 12.8. The minimum Gasteiger partial charge on any atom is -0.354 e. The molecule has 5 nitrogen and oxygen atoms in total. The van der Waals surface area contributed by atoms with Crippen LogP contribution in [0.25, 0.3) is 0 Å². The van der Waals surface area contributed by atoms with Crippen LogP contribution in [0.2, 0.25) is 5.02 Å². The Labute approximate surface area is 170 Å². The van der Waals surface area contributed by atoms with Crippen LogP contribution in [0, 0.1) is 6.92 Å². The van der Waals surface area contributed by atoms with Crippen LogP contribution < -0.4 is 9.62 Å². The molecule has 1 N–H and O–H groups in total. The normalized spacial score (nSPS) is 11.2. The monoisotopic (exact) mass is 426 g/mol. The number of benzene rings is 2. The number of hydrogen-bond acceptors (Lipinski definition) is 4. The largest absolute Gasteiger partial charge is 0.354 e. The van der Waals surface area contributed by atoms with Gasteiger partial charge in [-0.05, 0) is 55.5 Å². The average Bonchev–Trinajstić information content (AvgIpc) is 2.61. The molecule has 0 fully saturated rings. The SMILES string of the molecule is Cc1ccc(N(CC(=O)NCCCSc2ccc(Cl)cc2)S(C)(=O)=O)cc1. The van der Waals surface area contributed by atoms with Crippen molar-refractivity contribution in [2.45, 2.75) is 18.2 Å². The molecular formula is C19H23ClN2O3S2. The number of hydrogen-bond donors (Lipinski definition) is 1. The number of halogens is 1. The van der Waals surface area contributed by atoms with Crippen molar-refractivity contribution in [3.8, 4) is 0 Å². The van der Waals surface area contributed by atoms with Gasteiger partial charge < -0.3 is 5.32 Å². The third-order valence-electron chi connectivity index (χ3n) is 3.74. The van der Waals surface area contributed by atoms with Crippen LogP contribution in [0.15, 0.2) is 53.4 Å². The van der Waals surface area contributed by atoms with Gasteiger partial charge in [0.1, 0.15) is 6.54 Å². The highest BCUT2D eigenvalue weighted by molar-refractivity contribution is 7.99. The maximum Gasteiger partial charge on any atom is 0.240 e. The van der Waals surface area contributed by atoms with E-state index in [0.29, 0.717) is 17.3 Å². The van der Waals surface area contributed by atoms with Crippen molar-refractivity contribution in [3.05, 3.63) is 59.1 Å². The second kappa shape index (κ2) is 10.0. The number of carbonyl (C=O) groups excluding carboxylic acids is 1. The van der Waals surface area contributed by atoms with Gasteiger partial charge >= 0.3 is 0 Å². The predicted octanol–water partition coefficient (Wildman–Crippen LogP) is 3.71. The van der Waals surface area contributed by atoms with Crippen LogP contribution in [0.3, 0.4) is 0 Å². The summed E-state index contributed by atoms with van der Waals surface area (Å²) in [5.41, 5.74) is 1.51. The number of thioether (sulfide) groups is 1. The Kier molecular flexibility index (Phi) is 8.01. The molecule has 0 bridgehead atoms. The second-order valence-corrected chi connectivity index (χ2v) is 9.62. The molecule has 0 aliphatic heterocycles. The van der Waals surface area contributed by atoms with Crippen LogP contribution in [-0.4, -0.2) is 39.4 Å². The van der Waals surface area contributed by atoms with Gasteiger partial charge in [-0.25, -0.2) is 8.42 Å². The van der Waals surface area contributed by atoms with E-state index in [2.05, 4.69) is 5.32 Å². The number of aryl methyl sites for hydroxylation is 1. The van der Waals surface area contributed by atoms with E-state index < -0.39 is 10.0 Å². The zero-order chi connectivity index (χ0) is 19.9. The van der Waals surface area contributed by atoms with Gasteiger partial charge in [-0.3, -0.25) is 9.10 Å².